The van der Waals surface area contributed by atoms with E-state index in [9.17, 15) is 0 Å². The first kappa shape index (κ1) is 14.0. The minimum atomic E-state index is 0.701. The van der Waals surface area contributed by atoms with Crippen LogP contribution in [0.5, 0.6) is 0 Å². The number of aromatic nitrogens is 3. The van der Waals surface area contributed by atoms with E-state index in [1.165, 1.54) is 37.8 Å². The van der Waals surface area contributed by atoms with E-state index in [2.05, 4.69) is 28.3 Å². The SMILES string of the molecule is N#Cc1ccc(C(=C2C3CC4CC(C3)CC2C4)n2cncn2)cc1. The molecule has 24 heavy (non-hydrogen) atoms. The molecule has 0 saturated heterocycles. The normalized spacial score (nSPS) is 30.4. The summed E-state index contributed by atoms with van der Waals surface area (Å²) in [6.45, 7) is 0. The van der Waals surface area contributed by atoms with Crippen molar-refractivity contribution >= 4 is 5.70 Å². The van der Waals surface area contributed by atoms with E-state index >= 15 is 0 Å². The molecule has 4 bridgehead atoms. The van der Waals surface area contributed by atoms with Gasteiger partial charge in [-0.25, -0.2) is 9.67 Å². The number of hydrogen-bond acceptors (Lipinski definition) is 3. The van der Waals surface area contributed by atoms with Gasteiger partial charge in [-0.05, 0) is 73.5 Å². The van der Waals surface area contributed by atoms with E-state index in [1.807, 2.05) is 23.1 Å². The lowest BCUT2D eigenvalue weighted by atomic mass is 9.53. The zero-order valence-corrected chi connectivity index (χ0v) is 13.6. The first-order valence-corrected chi connectivity index (χ1v) is 8.91. The van der Waals surface area contributed by atoms with Crippen molar-refractivity contribution in [2.75, 3.05) is 0 Å². The molecule has 4 saturated carbocycles. The standard InChI is InChI=1S/C20H20N4/c21-10-13-1-3-16(4-2-13)20(24-12-22-11-23-24)19-17-6-14-5-15(8-17)9-18(19)7-14/h1-4,11-12,14-15,17-18H,5-9H2. The molecule has 0 amide bonds. The number of nitriles is 1. The molecule has 4 fully saturated rings. The van der Waals surface area contributed by atoms with Crippen LogP contribution >= 0.6 is 0 Å². The molecule has 0 aliphatic heterocycles. The molecule has 1 aromatic carbocycles. The smallest absolute Gasteiger partial charge is 0.138 e. The highest BCUT2D eigenvalue weighted by Crippen LogP contribution is 2.57. The van der Waals surface area contributed by atoms with Gasteiger partial charge >= 0.3 is 0 Å². The molecule has 0 spiro atoms. The fourth-order valence-electron chi connectivity index (χ4n) is 5.54. The number of benzene rings is 1. The van der Waals surface area contributed by atoms with Gasteiger partial charge in [0.2, 0.25) is 0 Å². The van der Waals surface area contributed by atoms with Crippen molar-refractivity contribution in [2.24, 2.45) is 23.7 Å². The maximum atomic E-state index is 9.08. The number of nitrogens with zero attached hydrogens (tertiary/aromatic N) is 4. The van der Waals surface area contributed by atoms with E-state index in [0.717, 1.165) is 17.4 Å². The van der Waals surface area contributed by atoms with Crippen molar-refractivity contribution in [3.8, 4) is 6.07 Å². The Kier molecular flexibility index (Phi) is 3.09. The molecule has 4 aliphatic rings. The topological polar surface area (TPSA) is 54.5 Å². The van der Waals surface area contributed by atoms with E-state index in [1.54, 1.807) is 11.9 Å². The maximum absolute atomic E-state index is 9.08. The minimum absolute atomic E-state index is 0.701. The van der Waals surface area contributed by atoms with Crippen molar-refractivity contribution in [1.29, 1.82) is 5.26 Å². The molecule has 0 radical (unpaired) electrons. The van der Waals surface area contributed by atoms with Crippen LogP contribution in [0, 0.1) is 35.0 Å². The van der Waals surface area contributed by atoms with Gasteiger partial charge in [0.1, 0.15) is 12.7 Å². The number of allylic oxidation sites excluding steroid dienone is 1. The summed E-state index contributed by atoms with van der Waals surface area (Å²) in [5.41, 5.74) is 4.66. The summed E-state index contributed by atoms with van der Waals surface area (Å²) in [6.07, 6.45) is 10.3. The summed E-state index contributed by atoms with van der Waals surface area (Å²) in [7, 11) is 0. The lowest BCUT2D eigenvalue weighted by molar-refractivity contribution is 0.0700. The highest BCUT2D eigenvalue weighted by atomic mass is 15.3. The second-order valence-electron chi connectivity index (χ2n) is 7.64. The van der Waals surface area contributed by atoms with Crippen LogP contribution in [0.15, 0.2) is 42.5 Å². The zero-order valence-electron chi connectivity index (χ0n) is 13.6. The highest BCUT2D eigenvalue weighted by molar-refractivity contribution is 5.70. The third-order valence-electron chi connectivity index (χ3n) is 6.23. The van der Waals surface area contributed by atoms with Gasteiger partial charge in [-0.2, -0.15) is 10.4 Å². The van der Waals surface area contributed by atoms with E-state index in [0.29, 0.717) is 17.4 Å². The van der Waals surface area contributed by atoms with Crippen molar-refractivity contribution in [2.45, 2.75) is 32.1 Å². The number of rotatable bonds is 2. The Morgan fingerprint density at radius 3 is 2.21 bits per heavy atom. The van der Waals surface area contributed by atoms with Gasteiger partial charge in [0.15, 0.2) is 0 Å². The summed E-state index contributed by atoms with van der Waals surface area (Å²) < 4.78 is 1.94. The lowest BCUT2D eigenvalue weighted by Crippen LogP contribution is -2.41. The average molecular weight is 316 g/mol. The van der Waals surface area contributed by atoms with Gasteiger partial charge in [0, 0.05) is 5.56 Å². The lowest BCUT2D eigenvalue weighted by Gasteiger charge is -2.52. The van der Waals surface area contributed by atoms with Crippen molar-refractivity contribution in [3.05, 3.63) is 53.6 Å². The van der Waals surface area contributed by atoms with Crippen LogP contribution in [0.1, 0.15) is 43.2 Å². The van der Waals surface area contributed by atoms with Crippen LogP contribution in [0.4, 0.5) is 0 Å². The third kappa shape index (κ3) is 2.11. The highest BCUT2D eigenvalue weighted by Gasteiger charge is 2.46. The molecule has 1 aromatic heterocycles. The molecule has 120 valence electrons. The average Bonchev–Trinajstić information content (AvgIpc) is 3.12. The van der Waals surface area contributed by atoms with Crippen LogP contribution in [0.3, 0.4) is 0 Å². The summed E-state index contributed by atoms with van der Waals surface area (Å²) in [5.74, 6) is 3.29. The van der Waals surface area contributed by atoms with Gasteiger partial charge in [-0.15, -0.1) is 0 Å². The fraction of sp³-hybridized carbons (Fsp3) is 0.450. The number of hydrogen-bond donors (Lipinski definition) is 0. The van der Waals surface area contributed by atoms with Crippen LogP contribution in [0.2, 0.25) is 0 Å². The molecule has 0 N–H and O–H groups in total. The second kappa shape index (κ2) is 5.31. The predicted molar refractivity (Wildman–Crippen MR) is 90.5 cm³/mol. The first-order chi connectivity index (χ1) is 11.8. The van der Waals surface area contributed by atoms with Crippen molar-refractivity contribution in [1.82, 2.24) is 14.8 Å². The molecule has 4 aliphatic carbocycles. The second-order valence-corrected chi connectivity index (χ2v) is 7.64. The molecule has 4 heteroatoms. The van der Waals surface area contributed by atoms with Crippen molar-refractivity contribution in [3.63, 3.8) is 0 Å². The van der Waals surface area contributed by atoms with E-state index in [-0.39, 0.29) is 0 Å². The Labute approximate surface area is 141 Å². The van der Waals surface area contributed by atoms with Gasteiger partial charge in [0.25, 0.3) is 0 Å². The minimum Gasteiger partial charge on any atom is -0.223 e. The van der Waals surface area contributed by atoms with Gasteiger partial charge in [-0.1, -0.05) is 12.1 Å². The Morgan fingerprint density at radius 1 is 1.00 bits per heavy atom. The van der Waals surface area contributed by atoms with Gasteiger partial charge < -0.3 is 0 Å². The summed E-state index contributed by atoms with van der Waals surface area (Å²) >= 11 is 0. The summed E-state index contributed by atoms with van der Waals surface area (Å²) in [5, 5.41) is 13.5. The van der Waals surface area contributed by atoms with Crippen LogP contribution in [-0.4, -0.2) is 14.8 Å². The van der Waals surface area contributed by atoms with Crippen LogP contribution in [0.25, 0.3) is 5.70 Å². The van der Waals surface area contributed by atoms with Crippen molar-refractivity contribution < 1.29 is 0 Å². The molecule has 0 unspecified atom stereocenters. The molecular formula is C20H20N4. The van der Waals surface area contributed by atoms with Crippen LogP contribution in [-0.2, 0) is 0 Å². The molecular weight excluding hydrogens is 296 g/mol. The fourth-order valence-corrected chi connectivity index (χ4v) is 5.54. The molecule has 6 rings (SSSR count). The monoisotopic (exact) mass is 316 g/mol. The zero-order chi connectivity index (χ0) is 16.1. The summed E-state index contributed by atoms with van der Waals surface area (Å²) in [4.78, 5) is 4.18. The summed E-state index contributed by atoms with van der Waals surface area (Å²) in [6, 6.07) is 10.1. The quantitative estimate of drug-likeness (QED) is 0.845. The van der Waals surface area contributed by atoms with Crippen LogP contribution < -0.4 is 0 Å². The molecule has 1 heterocycles. The first-order valence-electron chi connectivity index (χ1n) is 8.91. The maximum Gasteiger partial charge on any atom is 0.138 e. The third-order valence-corrected chi connectivity index (χ3v) is 6.23. The molecule has 4 nitrogen and oxygen atoms in total. The van der Waals surface area contributed by atoms with E-state index in [4.69, 9.17) is 5.26 Å². The van der Waals surface area contributed by atoms with Gasteiger partial charge in [-0.3, -0.25) is 0 Å². The Bertz CT molecular complexity index is 794. The molecule has 2 aromatic rings. The predicted octanol–water partition coefficient (Wildman–Crippen LogP) is 3.87. The largest absolute Gasteiger partial charge is 0.223 e. The molecule has 0 atom stereocenters. The Hall–Kier alpha value is -2.41. The van der Waals surface area contributed by atoms with E-state index < -0.39 is 0 Å². The Balaban J connectivity index is 1.68. The Morgan fingerprint density at radius 2 is 1.67 bits per heavy atom. The van der Waals surface area contributed by atoms with Gasteiger partial charge in [0.05, 0.1) is 17.3 Å².